The van der Waals surface area contributed by atoms with Gasteiger partial charge in [0.2, 0.25) is 0 Å². The van der Waals surface area contributed by atoms with Crippen molar-refractivity contribution < 1.29 is 9.05 Å². The fourth-order valence-electron chi connectivity index (χ4n) is 1.80. The van der Waals surface area contributed by atoms with Crippen LogP contribution in [0.3, 0.4) is 0 Å². The summed E-state index contributed by atoms with van der Waals surface area (Å²) in [6, 6.07) is 7.46. The van der Waals surface area contributed by atoms with Crippen LogP contribution in [0.5, 0.6) is 0 Å². The van der Waals surface area contributed by atoms with Gasteiger partial charge in [0.1, 0.15) is 5.76 Å². The largest absolute Gasteiger partial charge is 0.469 e. The first kappa shape index (κ1) is 10.6. The molecule has 0 saturated carbocycles. The van der Waals surface area contributed by atoms with Crippen LogP contribution in [0, 0.1) is 0 Å². The van der Waals surface area contributed by atoms with Crippen molar-refractivity contribution in [3.05, 3.63) is 36.3 Å². The summed E-state index contributed by atoms with van der Waals surface area (Å²) in [7, 11) is 0. The van der Waals surface area contributed by atoms with Crippen LogP contribution in [0.15, 0.2) is 39.6 Å². The monoisotopic (exact) mass is 244 g/mol. The van der Waals surface area contributed by atoms with E-state index in [9.17, 15) is 0 Å². The van der Waals surface area contributed by atoms with Gasteiger partial charge in [-0.2, -0.15) is 0 Å². The maximum atomic E-state index is 5.77. The second-order valence-electron chi connectivity index (χ2n) is 3.92. The molecule has 0 bridgehead atoms. The van der Waals surface area contributed by atoms with E-state index in [0.717, 1.165) is 24.4 Å². The number of anilines is 2. The third kappa shape index (κ3) is 1.88. The molecule has 3 aromatic rings. The van der Waals surface area contributed by atoms with Gasteiger partial charge in [0.15, 0.2) is 11.0 Å². The van der Waals surface area contributed by atoms with Crippen molar-refractivity contribution in [2.75, 3.05) is 17.6 Å². The van der Waals surface area contributed by atoms with E-state index in [4.69, 9.17) is 14.8 Å². The van der Waals surface area contributed by atoms with Gasteiger partial charge in [-0.3, -0.25) is 0 Å². The second kappa shape index (κ2) is 4.40. The van der Waals surface area contributed by atoms with Crippen LogP contribution in [0.2, 0.25) is 0 Å². The van der Waals surface area contributed by atoms with E-state index in [1.54, 1.807) is 12.3 Å². The van der Waals surface area contributed by atoms with Crippen LogP contribution in [0.4, 0.5) is 11.4 Å². The molecule has 0 radical (unpaired) electrons. The molecule has 0 aliphatic carbocycles. The number of aromatic nitrogens is 2. The number of hydrogen-bond donors (Lipinski definition) is 2. The summed E-state index contributed by atoms with van der Waals surface area (Å²) in [5.74, 6) is 0.937. The van der Waals surface area contributed by atoms with Gasteiger partial charge in [-0.25, -0.2) is 4.63 Å². The molecule has 6 nitrogen and oxygen atoms in total. The second-order valence-corrected chi connectivity index (χ2v) is 3.92. The summed E-state index contributed by atoms with van der Waals surface area (Å²) in [4.78, 5) is 0. The molecule has 3 rings (SSSR count). The van der Waals surface area contributed by atoms with Crippen molar-refractivity contribution in [1.29, 1.82) is 0 Å². The van der Waals surface area contributed by atoms with E-state index >= 15 is 0 Å². The van der Waals surface area contributed by atoms with Gasteiger partial charge in [-0.1, -0.05) is 0 Å². The van der Waals surface area contributed by atoms with Crippen LogP contribution < -0.4 is 11.1 Å². The number of benzene rings is 1. The van der Waals surface area contributed by atoms with Gasteiger partial charge < -0.3 is 15.5 Å². The smallest absolute Gasteiger partial charge is 0.160 e. The minimum Gasteiger partial charge on any atom is -0.469 e. The zero-order chi connectivity index (χ0) is 12.4. The van der Waals surface area contributed by atoms with E-state index < -0.39 is 0 Å². The zero-order valence-electron chi connectivity index (χ0n) is 9.59. The topological polar surface area (TPSA) is 90.1 Å². The Bertz CT molecular complexity index is 645. The summed E-state index contributed by atoms with van der Waals surface area (Å²) >= 11 is 0. The molecule has 0 aliphatic rings. The molecular weight excluding hydrogens is 232 g/mol. The molecule has 2 aromatic heterocycles. The molecular formula is C12H12N4O2. The molecule has 0 amide bonds. The number of nitrogens with two attached hydrogens (primary N) is 1. The van der Waals surface area contributed by atoms with Crippen molar-refractivity contribution >= 4 is 22.4 Å². The van der Waals surface area contributed by atoms with Crippen molar-refractivity contribution in [3.63, 3.8) is 0 Å². The maximum Gasteiger partial charge on any atom is 0.160 e. The predicted molar refractivity (Wildman–Crippen MR) is 67.1 cm³/mol. The Balaban J connectivity index is 1.75. The third-order valence-corrected chi connectivity index (χ3v) is 2.71. The molecule has 18 heavy (non-hydrogen) atoms. The SMILES string of the molecule is Nc1ccc(NCCc2ccco2)c2nonc12. The van der Waals surface area contributed by atoms with E-state index in [1.165, 1.54) is 0 Å². The van der Waals surface area contributed by atoms with Gasteiger partial charge in [0.25, 0.3) is 0 Å². The normalized spacial score (nSPS) is 10.9. The highest BCUT2D eigenvalue weighted by molar-refractivity contribution is 5.94. The summed E-state index contributed by atoms with van der Waals surface area (Å²) in [5.41, 5.74) is 8.41. The average molecular weight is 244 g/mol. The van der Waals surface area contributed by atoms with Gasteiger partial charge in [-0.05, 0) is 34.6 Å². The van der Waals surface area contributed by atoms with Crippen molar-refractivity contribution in [3.8, 4) is 0 Å². The number of nitrogen functional groups attached to an aromatic ring is 1. The fraction of sp³-hybridized carbons (Fsp3) is 0.167. The molecule has 0 saturated heterocycles. The number of furan rings is 1. The van der Waals surface area contributed by atoms with Crippen LogP contribution in [0.1, 0.15) is 5.76 Å². The summed E-state index contributed by atoms with van der Waals surface area (Å²) < 4.78 is 9.96. The van der Waals surface area contributed by atoms with Gasteiger partial charge in [0.05, 0.1) is 17.6 Å². The Morgan fingerprint density at radius 3 is 2.89 bits per heavy atom. The molecule has 3 N–H and O–H groups in total. The Hall–Kier alpha value is -2.50. The summed E-state index contributed by atoms with van der Waals surface area (Å²) in [6.07, 6.45) is 2.46. The van der Waals surface area contributed by atoms with E-state index in [-0.39, 0.29) is 0 Å². The highest BCUT2D eigenvalue weighted by Crippen LogP contribution is 2.24. The summed E-state index contributed by atoms with van der Waals surface area (Å²) in [6.45, 7) is 0.736. The quantitative estimate of drug-likeness (QED) is 0.682. The lowest BCUT2D eigenvalue weighted by Gasteiger charge is -2.05. The minimum absolute atomic E-state index is 0.558. The molecule has 0 atom stereocenters. The number of fused-ring (bicyclic) bond motifs is 1. The van der Waals surface area contributed by atoms with Crippen LogP contribution >= 0.6 is 0 Å². The predicted octanol–water partition coefficient (Wildman–Crippen LogP) is 2.05. The van der Waals surface area contributed by atoms with Gasteiger partial charge >= 0.3 is 0 Å². The average Bonchev–Trinajstić information content (AvgIpc) is 3.02. The molecule has 0 unspecified atom stereocenters. The Labute approximate surface area is 103 Å². The molecule has 6 heteroatoms. The number of hydrogen-bond acceptors (Lipinski definition) is 6. The fourth-order valence-corrected chi connectivity index (χ4v) is 1.80. The molecule has 2 heterocycles. The molecule has 0 spiro atoms. The Morgan fingerprint density at radius 2 is 2.06 bits per heavy atom. The molecule has 0 fully saturated rings. The minimum atomic E-state index is 0.558. The van der Waals surface area contributed by atoms with E-state index in [2.05, 4.69) is 15.6 Å². The van der Waals surface area contributed by atoms with E-state index in [1.807, 2.05) is 18.2 Å². The molecule has 0 aliphatic heterocycles. The highest BCUT2D eigenvalue weighted by Gasteiger charge is 2.09. The summed E-state index contributed by atoms with van der Waals surface area (Å²) in [5, 5.41) is 10.9. The number of nitrogens with zero attached hydrogens (tertiary/aromatic N) is 2. The Kier molecular flexibility index (Phi) is 2.60. The standard InChI is InChI=1S/C12H12N4O2/c13-9-3-4-10(12-11(9)15-18-16-12)14-6-5-8-2-1-7-17-8/h1-4,7,14H,5-6,13H2. The van der Waals surface area contributed by atoms with Gasteiger partial charge in [0, 0.05) is 13.0 Å². The zero-order valence-corrected chi connectivity index (χ0v) is 9.59. The Morgan fingerprint density at radius 1 is 1.17 bits per heavy atom. The molecule has 1 aromatic carbocycles. The lowest BCUT2D eigenvalue weighted by Crippen LogP contribution is -2.05. The van der Waals surface area contributed by atoms with E-state index in [0.29, 0.717) is 16.7 Å². The molecule has 92 valence electrons. The van der Waals surface area contributed by atoms with Crippen molar-refractivity contribution in [1.82, 2.24) is 10.3 Å². The third-order valence-electron chi connectivity index (χ3n) is 2.71. The first-order valence-electron chi connectivity index (χ1n) is 5.61. The van der Waals surface area contributed by atoms with Crippen molar-refractivity contribution in [2.24, 2.45) is 0 Å². The van der Waals surface area contributed by atoms with Crippen molar-refractivity contribution in [2.45, 2.75) is 6.42 Å². The van der Waals surface area contributed by atoms with Gasteiger partial charge in [-0.15, -0.1) is 0 Å². The van der Waals surface area contributed by atoms with Crippen LogP contribution in [-0.2, 0) is 6.42 Å². The first-order valence-corrected chi connectivity index (χ1v) is 5.61. The van der Waals surface area contributed by atoms with Crippen LogP contribution in [-0.4, -0.2) is 16.9 Å². The lowest BCUT2D eigenvalue weighted by atomic mass is 10.2. The number of nitrogens with one attached hydrogen (secondary N) is 1. The van der Waals surface area contributed by atoms with Crippen LogP contribution in [0.25, 0.3) is 11.0 Å². The lowest BCUT2D eigenvalue weighted by molar-refractivity contribution is 0.316. The first-order chi connectivity index (χ1) is 8.84. The number of rotatable bonds is 4. The maximum absolute atomic E-state index is 5.77. The highest BCUT2D eigenvalue weighted by atomic mass is 16.6.